The second kappa shape index (κ2) is 5.84. The van der Waals surface area contributed by atoms with E-state index in [4.69, 9.17) is 22.1 Å². The first-order valence-corrected chi connectivity index (χ1v) is 5.44. The summed E-state index contributed by atoms with van der Waals surface area (Å²) in [7, 11) is 0. The Morgan fingerprint density at radius 2 is 1.74 bits per heavy atom. The van der Waals surface area contributed by atoms with Crippen LogP contribution in [0.15, 0.2) is 59.9 Å². The third kappa shape index (κ3) is 4.71. The third-order valence-corrected chi connectivity index (χ3v) is 2.24. The van der Waals surface area contributed by atoms with Crippen molar-refractivity contribution in [2.45, 2.75) is 6.18 Å². The van der Waals surface area contributed by atoms with Crippen LogP contribution < -0.4 is 10.5 Å². The van der Waals surface area contributed by atoms with Gasteiger partial charge in [-0.25, -0.2) is 0 Å². The lowest BCUT2D eigenvalue weighted by Gasteiger charge is -2.11. The van der Waals surface area contributed by atoms with E-state index >= 15 is 0 Å². The molecule has 0 aliphatic carbocycles. The Kier molecular flexibility index (Phi) is 4.67. The molecule has 19 heavy (non-hydrogen) atoms. The summed E-state index contributed by atoms with van der Waals surface area (Å²) in [4.78, 5) is 0. The van der Waals surface area contributed by atoms with Crippen LogP contribution in [0.1, 0.15) is 0 Å². The number of allylic oxidation sites excluding steroid dienone is 3. The van der Waals surface area contributed by atoms with E-state index in [0.717, 1.165) is 0 Å². The highest BCUT2D eigenvalue weighted by Crippen LogP contribution is 2.33. The van der Waals surface area contributed by atoms with Crippen molar-refractivity contribution < 1.29 is 17.9 Å². The standard InChI is InChI=1S/C13H11ClF3NO/c1-8(7-12(9(2)14)13(15,16)17)19-11-5-3-10(18)4-6-11/h3-7H,1-2,18H2/b12-7+. The van der Waals surface area contributed by atoms with Crippen LogP contribution in [-0.4, -0.2) is 6.18 Å². The van der Waals surface area contributed by atoms with Crippen LogP contribution in [0.4, 0.5) is 18.9 Å². The summed E-state index contributed by atoms with van der Waals surface area (Å²) < 4.78 is 42.9. The lowest BCUT2D eigenvalue weighted by atomic mass is 10.2. The first-order valence-electron chi connectivity index (χ1n) is 5.06. The minimum Gasteiger partial charge on any atom is -0.458 e. The normalized spacial score (nSPS) is 12.1. The predicted molar refractivity (Wildman–Crippen MR) is 69.8 cm³/mol. The molecular weight excluding hydrogens is 279 g/mol. The van der Waals surface area contributed by atoms with E-state index in [-0.39, 0.29) is 5.76 Å². The van der Waals surface area contributed by atoms with Crippen LogP contribution in [0.5, 0.6) is 5.75 Å². The van der Waals surface area contributed by atoms with Crippen LogP contribution in [0.2, 0.25) is 0 Å². The summed E-state index contributed by atoms with van der Waals surface area (Å²) in [5, 5.41) is -0.630. The van der Waals surface area contributed by atoms with E-state index in [2.05, 4.69) is 13.2 Å². The molecule has 0 heterocycles. The fourth-order valence-electron chi connectivity index (χ4n) is 1.19. The highest BCUT2D eigenvalue weighted by molar-refractivity contribution is 6.31. The molecule has 0 unspecified atom stereocenters. The molecular formula is C13H11ClF3NO. The van der Waals surface area contributed by atoms with Crippen molar-refractivity contribution in [1.29, 1.82) is 0 Å². The van der Waals surface area contributed by atoms with Crippen molar-refractivity contribution in [3.63, 3.8) is 0 Å². The molecule has 0 aliphatic rings. The Balaban J connectivity index is 2.88. The molecule has 0 amide bonds. The summed E-state index contributed by atoms with van der Waals surface area (Å²) in [6.07, 6.45) is -3.93. The number of alkyl halides is 3. The Labute approximate surface area is 113 Å². The average molecular weight is 290 g/mol. The van der Waals surface area contributed by atoms with Crippen molar-refractivity contribution in [3.8, 4) is 5.75 Å². The van der Waals surface area contributed by atoms with Crippen LogP contribution in [-0.2, 0) is 0 Å². The van der Waals surface area contributed by atoms with Crippen molar-refractivity contribution in [2.75, 3.05) is 5.73 Å². The van der Waals surface area contributed by atoms with Crippen molar-refractivity contribution >= 4 is 17.3 Å². The molecule has 1 rings (SSSR count). The first kappa shape index (κ1) is 15.2. The van der Waals surface area contributed by atoms with Gasteiger partial charge in [-0.05, 0) is 30.3 Å². The summed E-state index contributed by atoms with van der Waals surface area (Å²) in [6.45, 7) is 6.44. The number of hydrogen-bond acceptors (Lipinski definition) is 2. The van der Waals surface area contributed by atoms with Gasteiger partial charge in [-0.2, -0.15) is 13.2 Å². The number of rotatable bonds is 4. The molecule has 1 aromatic rings. The fraction of sp³-hybridized carbons (Fsp3) is 0.0769. The zero-order valence-corrected chi connectivity index (χ0v) is 10.6. The highest BCUT2D eigenvalue weighted by Gasteiger charge is 2.35. The number of nitrogens with two attached hydrogens (primary N) is 1. The van der Waals surface area contributed by atoms with Gasteiger partial charge in [0.15, 0.2) is 0 Å². The molecule has 6 heteroatoms. The molecule has 0 bridgehead atoms. The van der Waals surface area contributed by atoms with Gasteiger partial charge in [0, 0.05) is 10.7 Å². The van der Waals surface area contributed by atoms with Gasteiger partial charge in [-0.1, -0.05) is 24.8 Å². The van der Waals surface area contributed by atoms with Gasteiger partial charge in [-0.3, -0.25) is 0 Å². The summed E-state index contributed by atoms with van der Waals surface area (Å²) in [6, 6.07) is 6.13. The topological polar surface area (TPSA) is 35.2 Å². The van der Waals surface area contributed by atoms with Crippen LogP contribution in [0, 0.1) is 0 Å². The van der Waals surface area contributed by atoms with E-state index in [1.807, 2.05) is 0 Å². The van der Waals surface area contributed by atoms with E-state index in [1.165, 1.54) is 12.1 Å². The quantitative estimate of drug-likeness (QED) is 0.506. The molecule has 2 nitrogen and oxygen atoms in total. The lowest BCUT2D eigenvalue weighted by molar-refractivity contribution is -0.0887. The van der Waals surface area contributed by atoms with Gasteiger partial charge in [0.05, 0.1) is 5.57 Å². The second-order valence-electron chi connectivity index (χ2n) is 3.60. The van der Waals surface area contributed by atoms with Crippen LogP contribution in [0.25, 0.3) is 0 Å². The largest absolute Gasteiger partial charge is 0.458 e. The zero-order chi connectivity index (χ0) is 14.6. The monoisotopic (exact) mass is 289 g/mol. The van der Waals surface area contributed by atoms with E-state index in [9.17, 15) is 13.2 Å². The number of ether oxygens (including phenoxy) is 1. The van der Waals surface area contributed by atoms with Gasteiger partial charge < -0.3 is 10.5 Å². The van der Waals surface area contributed by atoms with Crippen LogP contribution >= 0.6 is 11.6 Å². The molecule has 0 atom stereocenters. The lowest BCUT2D eigenvalue weighted by Crippen LogP contribution is -2.12. The minimum atomic E-state index is -4.62. The number of hydrogen-bond donors (Lipinski definition) is 1. The summed E-state index contributed by atoms with van der Waals surface area (Å²) >= 11 is 5.30. The highest BCUT2D eigenvalue weighted by atomic mass is 35.5. The summed E-state index contributed by atoms with van der Waals surface area (Å²) in [5.74, 6) is 0.107. The number of anilines is 1. The Hall–Kier alpha value is -1.88. The third-order valence-electron chi connectivity index (χ3n) is 2.03. The molecule has 0 aliphatic heterocycles. The van der Waals surface area contributed by atoms with Gasteiger partial charge >= 0.3 is 6.18 Å². The SMILES string of the molecule is C=C(/C=C(\C(=C)Cl)C(F)(F)F)Oc1ccc(N)cc1. The number of benzene rings is 1. The van der Waals surface area contributed by atoms with Gasteiger partial charge in [0.2, 0.25) is 0 Å². The molecule has 102 valence electrons. The predicted octanol–water partition coefficient (Wildman–Crippen LogP) is 4.40. The smallest absolute Gasteiger partial charge is 0.417 e. The molecule has 0 radical (unpaired) electrons. The maximum absolute atomic E-state index is 12.6. The Morgan fingerprint density at radius 3 is 2.16 bits per heavy atom. The fourth-order valence-corrected chi connectivity index (χ4v) is 1.35. The Bertz CT molecular complexity index is 518. The number of halogens is 4. The zero-order valence-electron chi connectivity index (χ0n) is 9.80. The molecule has 0 saturated heterocycles. The Morgan fingerprint density at radius 1 is 1.21 bits per heavy atom. The molecule has 1 aromatic carbocycles. The van der Waals surface area contributed by atoms with E-state index < -0.39 is 16.8 Å². The van der Waals surface area contributed by atoms with E-state index in [0.29, 0.717) is 17.5 Å². The first-order chi connectivity index (χ1) is 8.70. The van der Waals surface area contributed by atoms with Crippen molar-refractivity contribution in [2.24, 2.45) is 0 Å². The molecule has 0 aromatic heterocycles. The number of nitrogen functional groups attached to an aromatic ring is 1. The van der Waals surface area contributed by atoms with Crippen molar-refractivity contribution in [3.05, 3.63) is 59.9 Å². The van der Waals surface area contributed by atoms with Gasteiger partial charge in [-0.15, -0.1) is 0 Å². The summed E-state index contributed by atoms with van der Waals surface area (Å²) in [5.41, 5.74) is 4.88. The van der Waals surface area contributed by atoms with Crippen LogP contribution in [0.3, 0.4) is 0 Å². The molecule has 0 fully saturated rings. The average Bonchev–Trinajstić information content (AvgIpc) is 2.27. The molecule has 2 N–H and O–H groups in total. The van der Waals surface area contributed by atoms with Gasteiger partial charge in [0.25, 0.3) is 0 Å². The second-order valence-corrected chi connectivity index (χ2v) is 4.05. The van der Waals surface area contributed by atoms with E-state index in [1.54, 1.807) is 12.1 Å². The molecule has 0 spiro atoms. The maximum Gasteiger partial charge on any atom is 0.417 e. The molecule has 0 saturated carbocycles. The van der Waals surface area contributed by atoms with Gasteiger partial charge in [0.1, 0.15) is 11.5 Å². The van der Waals surface area contributed by atoms with Crippen molar-refractivity contribution in [1.82, 2.24) is 0 Å². The maximum atomic E-state index is 12.6. The minimum absolute atomic E-state index is 0.209.